The zero-order chi connectivity index (χ0) is 25.5. The quantitative estimate of drug-likeness (QED) is 0.335. The maximum atomic E-state index is 13.9. The van der Waals surface area contributed by atoms with Gasteiger partial charge in [0.1, 0.15) is 0 Å². The molecule has 0 saturated carbocycles. The van der Waals surface area contributed by atoms with Crippen molar-refractivity contribution in [3.8, 4) is 22.6 Å². The summed E-state index contributed by atoms with van der Waals surface area (Å²) in [7, 11) is 3.36. The zero-order valence-corrected chi connectivity index (χ0v) is 23.6. The van der Waals surface area contributed by atoms with Gasteiger partial charge in [0.15, 0.2) is 30.4 Å². The molecule has 0 radical (unpaired) electrons. The van der Waals surface area contributed by atoms with E-state index in [9.17, 15) is 4.79 Å². The third-order valence-electron chi connectivity index (χ3n) is 7.54. The molecule has 7 heteroatoms. The Balaban J connectivity index is 0.00000294. The third kappa shape index (κ3) is 4.46. The molecule has 38 heavy (non-hydrogen) atoms. The molecule has 1 amide bonds. The van der Waals surface area contributed by atoms with Crippen LogP contribution in [0.4, 0.5) is 0 Å². The number of amides is 1. The van der Waals surface area contributed by atoms with E-state index in [-0.39, 0.29) is 28.9 Å². The highest BCUT2D eigenvalue weighted by molar-refractivity contribution is 6.31. The monoisotopic (exact) mass is 590 g/mol. The van der Waals surface area contributed by atoms with Crippen LogP contribution >= 0.6 is 11.6 Å². The van der Waals surface area contributed by atoms with Gasteiger partial charge in [-0.15, -0.1) is 0 Å². The van der Waals surface area contributed by atoms with Crippen LogP contribution in [-0.2, 0) is 19.4 Å². The molecule has 1 aliphatic heterocycles. The number of hydrogen-bond donors (Lipinski definition) is 0. The summed E-state index contributed by atoms with van der Waals surface area (Å²) >= 11 is 6.33. The minimum absolute atomic E-state index is 0. The predicted molar refractivity (Wildman–Crippen MR) is 143 cm³/mol. The van der Waals surface area contributed by atoms with Gasteiger partial charge in [-0.2, -0.15) is 0 Å². The van der Waals surface area contributed by atoms with Gasteiger partial charge in [0.2, 0.25) is 0 Å². The molecule has 1 atom stereocenters. The van der Waals surface area contributed by atoms with E-state index < -0.39 is 0 Å². The van der Waals surface area contributed by atoms with Crippen molar-refractivity contribution in [1.82, 2.24) is 4.90 Å². The lowest BCUT2D eigenvalue weighted by molar-refractivity contribution is -0.688. The molecule has 0 unspecified atom stereocenters. The van der Waals surface area contributed by atoms with Gasteiger partial charge in [0.25, 0.3) is 5.91 Å². The second kappa shape index (κ2) is 10.8. The summed E-state index contributed by atoms with van der Waals surface area (Å²) in [5.41, 5.74) is 7.54. The summed E-state index contributed by atoms with van der Waals surface area (Å²) in [5.74, 6) is 1.51. The number of rotatable bonds is 5. The van der Waals surface area contributed by atoms with Crippen LogP contribution in [0.25, 0.3) is 11.1 Å². The first-order chi connectivity index (χ1) is 18.1. The van der Waals surface area contributed by atoms with Crippen LogP contribution in [0.5, 0.6) is 11.5 Å². The van der Waals surface area contributed by atoms with Crippen LogP contribution in [0.2, 0.25) is 5.02 Å². The Labute approximate surface area is 238 Å². The molecular weight excluding hydrogens is 564 g/mol. The van der Waals surface area contributed by atoms with Gasteiger partial charge in [-0.1, -0.05) is 54.1 Å². The summed E-state index contributed by atoms with van der Waals surface area (Å²) in [6, 6.07) is 22.0. The number of benzene rings is 3. The number of halogens is 2. The Morgan fingerprint density at radius 1 is 1.00 bits per heavy atom. The molecular formula is C31H28BrClN2O3. The lowest BCUT2D eigenvalue weighted by atomic mass is 9.76. The van der Waals surface area contributed by atoms with Gasteiger partial charge in [-0.05, 0) is 47.2 Å². The molecule has 3 aromatic carbocycles. The van der Waals surface area contributed by atoms with Gasteiger partial charge in [0, 0.05) is 29.8 Å². The van der Waals surface area contributed by atoms with Gasteiger partial charge < -0.3 is 31.4 Å². The van der Waals surface area contributed by atoms with Crippen LogP contribution in [-0.4, -0.2) is 31.6 Å². The summed E-state index contributed by atoms with van der Waals surface area (Å²) < 4.78 is 13.6. The fourth-order valence-electron chi connectivity index (χ4n) is 5.77. The molecule has 0 saturated heterocycles. The van der Waals surface area contributed by atoms with Crippen LogP contribution in [0.1, 0.15) is 38.7 Å². The SMILES string of the molecule is COc1cc2c3c(c1OC)-c1ccccc1C[C@H]3N(C(=O)c1cc[n+](Cc3ccccc3Cl)cc1)CC2.[Br-]. The predicted octanol–water partition coefficient (Wildman–Crippen LogP) is 2.66. The fourth-order valence-corrected chi connectivity index (χ4v) is 5.97. The smallest absolute Gasteiger partial charge is 0.254 e. The Bertz CT molecular complexity index is 1510. The molecule has 0 N–H and O–H groups in total. The van der Waals surface area contributed by atoms with E-state index in [2.05, 4.69) is 30.3 Å². The van der Waals surface area contributed by atoms with E-state index in [0.29, 0.717) is 18.7 Å². The number of hydrogen-bond acceptors (Lipinski definition) is 3. The van der Waals surface area contributed by atoms with Gasteiger partial charge in [0.05, 0.1) is 30.8 Å². The average molecular weight is 592 g/mol. The lowest BCUT2D eigenvalue weighted by Crippen LogP contribution is -3.00. The van der Waals surface area contributed by atoms with E-state index in [1.165, 1.54) is 16.7 Å². The molecule has 0 spiro atoms. The first kappa shape index (κ1) is 26.3. The molecule has 5 nitrogen and oxygen atoms in total. The van der Waals surface area contributed by atoms with Crippen molar-refractivity contribution in [2.24, 2.45) is 0 Å². The second-order valence-corrected chi connectivity index (χ2v) is 9.94. The molecule has 194 valence electrons. The maximum Gasteiger partial charge on any atom is 0.254 e. The van der Waals surface area contributed by atoms with E-state index in [0.717, 1.165) is 46.1 Å². The summed E-state index contributed by atoms with van der Waals surface area (Å²) in [5, 5.41) is 0.738. The Morgan fingerprint density at radius 3 is 2.47 bits per heavy atom. The topological polar surface area (TPSA) is 42.7 Å². The van der Waals surface area contributed by atoms with Crippen molar-refractivity contribution in [3.05, 3.63) is 112 Å². The molecule has 0 fully saturated rings. The molecule has 2 heterocycles. The number of carbonyl (C=O) groups excluding carboxylic acids is 1. The van der Waals surface area contributed by atoms with Gasteiger partial charge in [-0.25, -0.2) is 4.57 Å². The molecule has 6 rings (SSSR count). The van der Waals surface area contributed by atoms with Crippen molar-refractivity contribution >= 4 is 17.5 Å². The van der Waals surface area contributed by atoms with Crippen LogP contribution in [0.15, 0.2) is 79.1 Å². The van der Waals surface area contributed by atoms with Crippen molar-refractivity contribution < 1.29 is 35.8 Å². The van der Waals surface area contributed by atoms with Gasteiger partial charge in [-0.3, -0.25) is 4.79 Å². The van der Waals surface area contributed by atoms with E-state index in [4.69, 9.17) is 21.1 Å². The maximum absolute atomic E-state index is 13.9. The standard InChI is InChI=1S/C31H28ClN2O3.BrH/c1-36-27-18-22-13-16-34(26-17-21-7-3-5-9-24(21)29(28(22)26)30(27)37-2)31(35)20-11-14-33(15-12-20)19-23-8-4-6-10-25(23)32;/h3-12,14-15,18,26H,13,16-17,19H2,1-2H3;1H/q+1;/p-1/t26-;/m1./s1. The summed E-state index contributed by atoms with van der Waals surface area (Å²) in [6.45, 7) is 1.30. The highest BCUT2D eigenvalue weighted by atomic mass is 79.9. The van der Waals surface area contributed by atoms with Crippen molar-refractivity contribution in [2.75, 3.05) is 20.8 Å². The first-order valence-corrected chi connectivity index (χ1v) is 12.9. The largest absolute Gasteiger partial charge is 1.00 e. The normalized spacial score (nSPS) is 15.1. The number of carbonyl (C=O) groups is 1. The number of methoxy groups -OCH3 is 2. The summed E-state index contributed by atoms with van der Waals surface area (Å²) in [4.78, 5) is 15.9. The number of pyridine rings is 1. The highest BCUT2D eigenvalue weighted by Gasteiger charge is 2.39. The Morgan fingerprint density at radius 2 is 1.74 bits per heavy atom. The number of nitrogens with zero attached hydrogens (tertiary/aromatic N) is 2. The average Bonchev–Trinajstić information content (AvgIpc) is 2.94. The third-order valence-corrected chi connectivity index (χ3v) is 7.91. The van der Waals surface area contributed by atoms with Gasteiger partial charge >= 0.3 is 0 Å². The zero-order valence-electron chi connectivity index (χ0n) is 21.3. The van der Waals surface area contributed by atoms with Crippen LogP contribution < -0.4 is 31.0 Å². The number of fused-ring (bicyclic) bond motifs is 2. The van der Waals surface area contributed by atoms with Crippen molar-refractivity contribution in [3.63, 3.8) is 0 Å². The number of ether oxygens (including phenoxy) is 2. The molecule has 2 aliphatic rings. The second-order valence-electron chi connectivity index (χ2n) is 9.54. The number of aromatic nitrogens is 1. The highest BCUT2D eigenvalue weighted by Crippen LogP contribution is 2.52. The summed E-state index contributed by atoms with van der Waals surface area (Å²) in [6.07, 6.45) is 5.44. The lowest BCUT2D eigenvalue weighted by Gasteiger charge is -2.42. The van der Waals surface area contributed by atoms with Crippen LogP contribution in [0, 0.1) is 0 Å². The Kier molecular flexibility index (Phi) is 7.46. The van der Waals surface area contributed by atoms with Crippen molar-refractivity contribution in [2.45, 2.75) is 25.4 Å². The molecule has 0 bridgehead atoms. The van der Waals surface area contributed by atoms with Crippen LogP contribution in [0.3, 0.4) is 0 Å². The fraction of sp³-hybridized carbons (Fsp3) is 0.226. The molecule has 4 aromatic rings. The van der Waals surface area contributed by atoms with E-state index >= 15 is 0 Å². The minimum atomic E-state index is -0.0589. The first-order valence-electron chi connectivity index (χ1n) is 12.5. The molecule has 1 aliphatic carbocycles. The minimum Gasteiger partial charge on any atom is -1.00 e. The Hall–Kier alpha value is -3.35. The molecule has 1 aromatic heterocycles. The van der Waals surface area contributed by atoms with E-state index in [1.54, 1.807) is 14.2 Å². The van der Waals surface area contributed by atoms with Crippen molar-refractivity contribution in [1.29, 1.82) is 0 Å². The van der Waals surface area contributed by atoms with E-state index in [1.807, 2.05) is 58.3 Å².